The largest absolute Gasteiger partial charge is 0.370 e. The number of amides is 3. The average molecular weight is 569 g/mol. The number of carbonyl (C=O) groups excluding carboxylic acids is 3. The topological polar surface area (TPSA) is 125 Å². The lowest BCUT2D eigenvalue weighted by Crippen LogP contribution is -2.53. The monoisotopic (exact) mass is 568 g/mol. The van der Waals surface area contributed by atoms with Gasteiger partial charge in [0.05, 0.1) is 20.7 Å². The number of rotatable bonds is 9. The third-order valence-electron chi connectivity index (χ3n) is 6.30. The fourth-order valence-electron chi connectivity index (χ4n) is 4.49. The number of hydrogen-bond acceptors (Lipinski definition) is 7. The predicted octanol–water partition coefficient (Wildman–Crippen LogP) is 2.03. The van der Waals surface area contributed by atoms with E-state index in [4.69, 9.17) is 16.3 Å². The van der Waals surface area contributed by atoms with E-state index in [9.17, 15) is 22.8 Å². The molecule has 2 N–H and O–H groups in total. The van der Waals surface area contributed by atoms with Gasteiger partial charge in [-0.2, -0.15) is 4.72 Å². The maximum Gasteiger partial charge on any atom is 0.261 e. The summed E-state index contributed by atoms with van der Waals surface area (Å²) >= 11 is 7.01. The van der Waals surface area contributed by atoms with E-state index in [0.29, 0.717) is 53.1 Å². The first-order valence-corrected chi connectivity index (χ1v) is 14.7. The van der Waals surface area contributed by atoms with Crippen LogP contribution in [0.15, 0.2) is 35.2 Å². The van der Waals surface area contributed by atoms with Gasteiger partial charge in [0.2, 0.25) is 15.9 Å². The van der Waals surface area contributed by atoms with Gasteiger partial charge in [0.1, 0.15) is 12.6 Å². The quantitative estimate of drug-likeness (QED) is 0.477. The minimum absolute atomic E-state index is 0.0117. The predicted molar refractivity (Wildman–Crippen MR) is 141 cm³/mol. The number of nitrogens with one attached hydrogen (secondary N) is 2. The van der Waals surface area contributed by atoms with Crippen molar-refractivity contribution in [3.05, 3.63) is 45.1 Å². The zero-order valence-electron chi connectivity index (χ0n) is 20.4. The van der Waals surface area contributed by atoms with E-state index in [1.165, 1.54) is 11.0 Å². The molecule has 2 saturated heterocycles. The molecule has 3 amide bonds. The Morgan fingerprint density at radius 1 is 1.16 bits per heavy atom. The second-order valence-electron chi connectivity index (χ2n) is 8.73. The first-order chi connectivity index (χ1) is 17.7. The molecule has 0 bridgehead atoms. The zero-order valence-corrected chi connectivity index (χ0v) is 22.8. The van der Waals surface area contributed by atoms with Crippen molar-refractivity contribution < 1.29 is 27.5 Å². The van der Waals surface area contributed by atoms with E-state index in [1.807, 2.05) is 6.92 Å². The highest BCUT2D eigenvalue weighted by atomic mass is 35.5. The summed E-state index contributed by atoms with van der Waals surface area (Å²) in [6.07, 6.45) is 2.01. The number of ether oxygens (including phenoxy) is 1. The third-order valence-corrected chi connectivity index (χ3v) is 9.09. The maximum atomic E-state index is 13.6. The molecule has 200 valence electrons. The van der Waals surface area contributed by atoms with Crippen molar-refractivity contribution in [3.8, 4) is 0 Å². The van der Waals surface area contributed by atoms with Crippen LogP contribution < -0.4 is 14.9 Å². The van der Waals surface area contributed by atoms with Crippen molar-refractivity contribution in [1.82, 2.24) is 14.9 Å². The number of halogens is 1. The Morgan fingerprint density at radius 2 is 1.92 bits per heavy atom. The molecule has 10 nitrogen and oxygen atoms in total. The highest BCUT2D eigenvalue weighted by Gasteiger charge is 2.33. The molecule has 37 heavy (non-hydrogen) atoms. The van der Waals surface area contributed by atoms with Gasteiger partial charge in [0.15, 0.2) is 0 Å². The molecule has 1 aromatic heterocycles. The van der Waals surface area contributed by atoms with Gasteiger partial charge in [-0.25, -0.2) is 8.42 Å². The smallest absolute Gasteiger partial charge is 0.261 e. The van der Waals surface area contributed by atoms with Gasteiger partial charge in [-0.1, -0.05) is 24.6 Å². The van der Waals surface area contributed by atoms with Gasteiger partial charge in [-0.15, -0.1) is 11.3 Å². The Bertz CT molecular complexity index is 1280. The van der Waals surface area contributed by atoms with Gasteiger partial charge in [0, 0.05) is 31.9 Å². The number of anilines is 1. The van der Waals surface area contributed by atoms with E-state index in [2.05, 4.69) is 10.0 Å². The minimum Gasteiger partial charge on any atom is -0.370 e. The lowest BCUT2D eigenvalue weighted by Gasteiger charge is -2.30. The molecule has 2 aliphatic rings. The summed E-state index contributed by atoms with van der Waals surface area (Å²) in [5.74, 6) is -1.09. The molecule has 0 unspecified atom stereocenters. The van der Waals surface area contributed by atoms with Crippen LogP contribution in [0.2, 0.25) is 4.34 Å². The summed E-state index contributed by atoms with van der Waals surface area (Å²) in [5, 5.41) is 2.66. The van der Waals surface area contributed by atoms with Crippen molar-refractivity contribution >= 4 is 56.4 Å². The molecule has 3 heterocycles. The second kappa shape index (κ2) is 11.9. The molecule has 4 rings (SSSR count). The van der Waals surface area contributed by atoms with Gasteiger partial charge in [0.25, 0.3) is 11.8 Å². The molecule has 2 fully saturated rings. The Kier molecular flexibility index (Phi) is 8.86. The molecule has 13 heteroatoms. The van der Waals surface area contributed by atoms with Crippen LogP contribution in [0, 0.1) is 0 Å². The van der Waals surface area contributed by atoms with E-state index in [1.54, 1.807) is 29.2 Å². The molecule has 0 aliphatic carbocycles. The van der Waals surface area contributed by atoms with Crippen LogP contribution in [0.25, 0.3) is 0 Å². The van der Waals surface area contributed by atoms with Gasteiger partial charge < -0.3 is 19.9 Å². The Morgan fingerprint density at radius 3 is 2.57 bits per heavy atom. The molecule has 0 spiro atoms. The number of carbonyl (C=O) groups is 3. The van der Waals surface area contributed by atoms with Crippen LogP contribution in [0.5, 0.6) is 0 Å². The van der Waals surface area contributed by atoms with Crippen molar-refractivity contribution in [3.63, 3.8) is 0 Å². The first-order valence-electron chi connectivity index (χ1n) is 12.1. The molecular formula is C24H29ClN4O6S2. The normalized spacial score (nSPS) is 17.2. The van der Waals surface area contributed by atoms with Crippen LogP contribution in [-0.4, -0.2) is 76.5 Å². The van der Waals surface area contributed by atoms with Crippen LogP contribution in [0.3, 0.4) is 0 Å². The standard InChI is InChI=1S/C24H29ClN4O6S2/c1-2-16-18(29-12-13-35-15-22(29)30)6-5-7-20(16)37(33,34)27-17(24(32)28-10-3-4-11-28)14-26-23(31)19-8-9-21(25)36-19/h5-9,17,27H,2-4,10-15H2,1H3,(H,26,31)/t17-/m0/s1. The molecule has 0 radical (unpaired) electrons. The minimum atomic E-state index is -4.20. The van der Waals surface area contributed by atoms with Gasteiger partial charge in [-0.3, -0.25) is 14.4 Å². The number of benzene rings is 1. The van der Waals surface area contributed by atoms with Crippen molar-refractivity contribution in [1.29, 1.82) is 0 Å². The number of likely N-dealkylation sites (tertiary alicyclic amines) is 1. The highest BCUT2D eigenvalue weighted by Crippen LogP contribution is 2.29. The number of thiophene rings is 1. The molecule has 1 aromatic carbocycles. The lowest BCUT2D eigenvalue weighted by molar-refractivity contribution is -0.131. The van der Waals surface area contributed by atoms with Crippen molar-refractivity contribution in [2.24, 2.45) is 0 Å². The van der Waals surface area contributed by atoms with E-state index >= 15 is 0 Å². The van der Waals surface area contributed by atoms with Crippen LogP contribution >= 0.6 is 22.9 Å². The Hall–Kier alpha value is -2.51. The van der Waals surface area contributed by atoms with Crippen LogP contribution in [-0.2, 0) is 30.8 Å². The maximum absolute atomic E-state index is 13.6. The average Bonchev–Trinajstić information content (AvgIpc) is 3.58. The molecule has 1 atom stereocenters. The summed E-state index contributed by atoms with van der Waals surface area (Å²) < 4.78 is 35.5. The Balaban J connectivity index is 1.60. The fraction of sp³-hybridized carbons (Fsp3) is 0.458. The molecule has 2 aliphatic heterocycles. The van der Waals surface area contributed by atoms with Gasteiger partial charge >= 0.3 is 0 Å². The highest BCUT2D eigenvalue weighted by molar-refractivity contribution is 7.89. The van der Waals surface area contributed by atoms with Gasteiger partial charge in [-0.05, 0) is 49.1 Å². The lowest BCUT2D eigenvalue weighted by atomic mass is 10.1. The molecular weight excluding hydrogens is 540 g/mol. The zero-order chi connectivity index (χ0) is 26.6. The fourth-order valence-corrected chi connectivity index (χ4v) is 6.97. The van der Waals surface area contributed by atoms with Crippen molar-refractivity contribution in [2.45, 2.75) is 37.1 Å². The number of hydrogen-bond donors (Lipinski definition) is 2. The van der Waals surface area contributed by atoms with E-state index in [0.717, 1.165) is 24.2 Å². The number of morpholine rings is 1. The van der Waals surface area contributed by atoms with Crippen LogP contribution in [0.1, 0.15) is 35.0 Å². The summed E-state index contributed by atoms with van der Waals surface area (Å²) in [4.78, 5) is 41.8. The number of nitrogens with zero attached hydrogens (tertiary/aromatic N) is 2. The Labute approximate surface area is 225 Å². The number of sulfonamides is 1. The second-order valence-corrected chi connectivity index (χ2v) is 12.1. The van der Waals surface area contributed by atoms with E-state index in [-0.39, 0.29) is 24.0 Å². The summed E-state index contributed by atoms with van der Waals surface area (Å²) in [6, 6.07) is 6.69. The van der Waals surface area contributed by atoms with Crippen LogP contribution in [0.4, 0.5) is 5.69 Å². The first kappa shape index (κ1) is 27.5. The summed E-state index contributed by atoms with van der Waals surface area (Å²) in [6.45, 7) is 3.23. The summed E-state index contributed by atoms with van der Waals surface area (Å²) in [7, 11) is -4.20. The molecule has 2 aromatic rings. The third kappa shape index (κ3) is 6.32. The van der Waals surface area contributed by atoms with Crippen molar-refractivity contribution in [2.75, 3.05) is 44.3 Å². The SMILES string of the molecule is CCc1c(N2CCOCC2=O)cccc1S(=O)(=O)N[C@@H](CNC(=O)c1ccc(Cl)s1)C(=O)N1CCCC1. The summed E-state index contributed by atoms with van der Waals surface area (Å²) in [5.41, 5.74) is 0.971. The van der Waals surface area contributed by atoms with E-state index < -0.39 is 27.9 Å². The molecule has 0 saturated carbocycles.